The second-order valence-electron chi connectivity index (χ2n) is 8.98. The van der Waals surface area contributed by atoms with E-state index in [4.69, 9.17) is 4.74 Å². The number of hydrogen-bond acceptors (Lipinski definition) is 6. The number of nitrogens with zero attached hydrogens (tertiary/aromatic N) is 3. The lowest BCUT2D eigenvalue weighted by Crippen LogP contribution is -2.41. The molecule has 0 unspecified atom stereocenters. The third-order valence-electron chi connectivity index (χ3n) is 6.44. The molecule has 2 aromatic rings. The molecule has 8 nitrogen and oxygen atoms in total. The number of amides is 1. The van der Waals surface area contributed by atoms with Crippen LogP contribution < -0.4 is 15.0 Å². The summed E-state index contributed by atoms with van der Waals surface area (Å²) in [6.45, 7) is 11.8. The second-order valence-corrected chi connectivity index (χ2v) is 11.0. The molecule has 1 aliphatic rings. The molecule has 0 bridgehead atoms. The number of piperidine rings is 1. The molecular formula is C29H48N4O4S. The van der Waals surface area contributed by atoms with Gasteiger partial charge >= 0.3 is 0 Å². The summed E-state index contributed by atoms with van der Waals surface area (Å²) in [5.41, 5.74) is 2.45. The van der Waals surface area contributed by atoms with Crippen molar-refractivity contribution in [1.29, 1.82) is 0 Å². The van der Waals surface area contributed by atoms with Crippen LogP contribution in [0.5, 0.6) is 5.75 Å². The van der Waals surface area contributed by atoms with Crippen LogP contribution in [0.15, 0.2) is 47.4 Å². The minimum absolute atomic E-state index is 0.0603. The van der Waals surface area contributed by atoms with Crippen molar-refractivity contribution in [2.75, 3.05) is 58.1 Å². The standard InChI is InChI=1S/C25H36N4O4S.2C2H6/c1-19-18-23(33-5)10-11-24(19)34(31,32)28(4)15-14-25(30)26-20-6-8-22(9-7-20)29-16-12-21(13-17-29)27(2)3;2*1-2/h6-11,18,21H,12-17H2,1-5H3,(H,26,30);2*1-2H3. The van der Waals surface area contributed by atoms with Crippen LogP contribution in [0.25, 0.3) is 0 Å². The molecule has 9 heteroatoms. The van der Waals surface area contributed by atoms with E-state index in [-0.39, 0.29) is 23.8 Å². The zero-order chi connectivity index (χ0) is 28.9. The van der Waals surface area contributed by atoms with Gasteiger partial charge in [-0.15, -0.1) is 0 Å². The van der Waals surface area contributed by atoms with Crippen LogP contribution in [0.3, 0.4) is 0 Å². The third-order valence-corrected chi connectivity index (χ3v) is 8.45. The molecule has 1 heterocycles. The number of carbonyl (C=O) groups excluding carboxylic acids is 1. The van der Waals surface area contributed by atoms with Gasteiger partial charge in [0.25, 0.3) is 0 Å². The van der Waals surface area contributed by atoms with E-state index in [0.717, 1.165) is 31.6 Å². The van der Waals surface area contributed by atoms with E-state index >= 15 is 0 Å². The van der Waals surface area contributed by atoms with Crippen molar-refractivity contribution in [1.82, 2.24) is 9.21 Å². The first-order valence-corrected chi connectivity index (χ1v) is 15.0. The van der Waals surface area contributed by atoms with E-state index in [2.05, 4.69) is 29.2 Å². The molecule has 0 aliphatic carbocycles. The highest BCUT2D eigenvalue weighted by Gasteiger charge is 2.24. The molecule has 0 aromatic heterocycles. The van der Waals surface area contributed by atoms with E-state index < -0.39 is 10.0 Å². The van der Waals surface area contributed by atoms with Crippen LogP contribution in [0.1, 0.15) is 52.5 Å². The summed E-state index contributed by atoms with van der Waals surface area (Å²) in [4.78, 5) is 17.3. The molecule has 0 atom stereocenters. The van der Waals surface area contributed by atoms with Crippen molar-refractivity contribution >= 4 is 27.3 Å². The Morgan fingerprint density at radius 1 is 1.00 bits per heavy atom. The Hall–Kier alpha value is -2.62. The van der Waals surface area contributed by atoms with Crippen molar-refractivity contribution < 1.29 is 17.9 Å². The zero-order valence-corrected chi connectivity index (χ0v) is 25.6. The Balaban J connectivity index is 0.00000172. The Morgan fingerprint density at radius 2 is 1.58 bits per heavy atom. The fourth-order valence-corrected chi connectivity index (χ4v) is 5.58. The zero-order valence-electron chi connectivity index (χ0n) is 24.7. The molecule has 2 aromatic carbocycles. The van der Waals surface area contributed by atoms with Crippen LogP contribution in [0.4, 0.5) is 11.4 Å². The smallest absolute Gasteiger partial charge is 0.243 e. The number of benzene rings is 2. The average Bonchev–Trinajstić information content (AvgIpc) is 2.94. The molecule has 38 heavy (non-hydrogen) atoms. The molecule has 0 spiro atoms. The Labute approximate surface area is 231 Å². The summed E-state index contributed by atoms with van der Waals surface area (Å²) >= 11 is 0. The van der Waals surface area contributed by atoms with Gasteiger partial charge < -0.3 is 19.9 Å². The minimum Gasteiger partial charge on any atom is -0.497 e. The van der Waals surface area contributed by atoms with Crippen LogP contribution in [-0.2, 0) is 14.8 Å². The fraction of sp³-hybridized carbons (Fsp3) is 0.552. The second kappa shape index (κ2) is 16.4. The van der Waals surface area contributed by atoms with Crippen molar-refractivity contribution in [3.8, 4) is 5.75 Å². The predicted octanol–water partition coefficient (Wildman–Crippen LogP) is 5.24. The largest absolute Gasteiger partial charge is 0.497 e. The number of nitrogens with one attached hydrogen (secondary N) is 1. The number of anilines is 2. The van der Waals surface area contributed by atoms with Crippen LogP contribution >= 0.6 is 0 Å². The molecule has 0 radical (unpaired) electrons. The molecule has 1 fully saturated rings. The number of hydrogen-bond donors (Lipinski definition) is 1. The van der Waals surface area contributed by atoms with Gasteiger partial charge in [0.15, 0.2) is 0 Å². The summed E-state index contributed by atoms with van der Waals surface area (Å²) in [5.74, 6) is 0.371. The van der Waals surface area contributed by atoms with Crippen molar-refractivity contribution in [2.45, 2.75) is 64.8 Å². The van der Waals surface area contributed by atoms with E-state index in [9.17, 15) is 13.2 Å². The van der Waals surface area contributed by atoms with Crippen LogP contribution in [-0.4, -0.2) is 77.5 Å². The quantitative estimate of drug-likeness (QED) is 0.462. The Morgan fingerprint density at radius 3 is 2.08 bits per heavy atom. The topological polar surface area (TPSA) is 82.2 Å². The van der Waals surface area contributed by atoms with E-state index in [1.54, 1.807) is 19.1 Å². The number of aryl methyl sites for hydroxylation is 1. The van der Waals surface area contributed by atoms with Gasteiger partial charge in [-0.05, 0) is 81.9 Å². The molecule has 0 saturated carbocycles. The van der Waals surface area contributed by atoms with Crippen molar-refractivity contribution in [3.05, 3.63) is 48.0 Å². The SMILES string of the molecule is CC.CC.COc1ccc(S(=O)(=O)N(C)CCC(=O)Nc2ccc(N3CCC(N(C)C)CC3)cc2)c(C)c1. The lowest BCUT2D eigenvalue weighted by Gasteiger charge is -2.36. The third kappa shape index (κ3) is 9.29. The Kier molecular flexibility index (Phi) is 14.4. The number of methoxy groups -OCH3 is 1. The first kappa shape index (κ1) is 33.4. The highest BCUT2D eigenvalue weighted by molar-refractivity contribution is 7.89. The number of rotatable bonds is 9. The molecular weight excluding hydrogens is 500 g/mol. The van der Waals surface area contributed by atoms with Crippen molar-refractivity contribution in [2.24, 2.45) is 0 Å². The number of sulfonamides is 1. The van der Waals surface area contributed by atoms with Gasteiger partial charge in [-0.25, -0.2) is 12.7 Å². The van der Waals surface area contributed by atoms with Gasteiger partial charge in [-0.1, -0.05) is 27.7 Å². The molecule has 1 N–H and O–H groups in total. The summed E-state index contributed by atoms with van der Waals surface area (Å²) in [5, 5.41) is 2.86. The summed E-state index contributed by atoms with van der Waals surface area (Å²) < 4.78 is 32.2. The van der Waals surface area contributed by atoms with Gasteiger partial charge in [0.2, 0.25) is 15.9 Å². The highest BCUT2D eigenvalue weighted by Crippen LogP contribution is 2.25. The van der Waals surface area contributed by atoms with Crippen molar-refractivity contribution in [3.63, 3.8) is 0 Å². The van der Waals surface area contributed by atoms with E-state index in [1.807, 2.05) is 52.0 Å². The van der Waals surface area contributed by atoms with Gasteiger partial charge in [0.1, 0.15) is 5.75 Å². The summed E-state index contributed by atoms with van der Waals surface area (Å²) in [6, 6.07) is 13.3. The van der Waals surface area contributed by atoms with Gasteiger partial charge in [0, 0.05) is 50.5 Å². The maximum Gasteiger partial charge on any atom is 0.243 e. The predicted molar refractivity (Wildman–Crippen MR) is 159 cm³/mol. The van der Waals surface area contributed by atoms with Gasteiger partial charge in [0.05, 0.1) is 12.0 Å². The number of ether oxygens (including phenoxy) is 1. The number of carbonyl (C=O) groups is 1. The average molecular weight is 549 g/mol. The molecule has 1 amide bonds. The Bertz CT molecular complexity index is 1080. The minimum atomic E-state index is -3.70. The van der Waals surface area contributed by atoms with Gasteiger partial charge in [-0.2, -0.15) is 0 Å². The van der Waals surface area contributed by atoms with Crippen LogP contribution in [0.2, 0.25) is 0 Å². The maximum atomic E-state index is 12.9. The fourth-order valence-electron chi connectivity index (χ4n) is 4.20. The maximum absolute atomic E-state index is 12.9. The van der Waals surface area contributed by atoms with Gasteiger partial charge in [-0.3, -0.25) is 4.79 Å². The lowest BCUT2D eigenvalue weighted by atomic mass is 10.0. The monoisotopic (exact) mass is 548 g/mol. The summed E-state index contributed by atoms with van der Waals surface area (Å²) in [7, 11) is 3.58. The molecule has 3 rings (SSSR count). The molecule has 1 saturated heterocycles. The first-order chi connectivity index (χ1) is 18.1. The van der Waals surface area contributed by atoms with Crippen LogP contribution in [0, 0.1) is 6.92 Å². The normalized spacial score (nSPS) is 13.8. The summed E-state index contributed by atoms with van der Waals surface area (Å²) in [6.07, 6.45) is 2.33. The first-order valence-electron chi connectivity index (χ1n) is 13.5. The van der Waals surface area contributed by atoms with E-state index in [1.165, 1.54) is 24.5 Å². The lowest BCUT2D eigenvalue weighted by molar-refractivity contribution is -0.116. The molecule has 214 valence electrons. The highest BCUT2D eigenvalue weighted by atomic mass is 32.2. The molecule has 1 aliphatic heterocycles. The van der Waals surface area contributed by atoms with E-state index in [0.29, 0.717) is 23.0 Å².